The third-order valence-corrected chi connectivity index (χ3v) is 5.20. The molecule has 0 saturated heterocycles. The Morgan fingerprint density at radius 1 is 0.750 bits per heavy atom. The number of carbonyl (C=O) groups is 2. The second-order valence-electron chi connectivity index (χ2n) is 6.75. The number of hydrogen-bond donors (Lipinski definition) is 2. The molecule has 32 heavy (non-hydrogen) atoms. The Kier molecular flexibility index (Phi) is 6.44. The van der Waals surface area contributed by atoms with E-state index in [2.05, 4.69) is 20.6 Å². The van der Waals surface area contributed by atoms with Gasteiger partial charge in [-0.1, -0.05) is 29.3 Å². The van der Waals surface area contributed by atoms with E-state index in [9.17, 15) is 9.59 Å². The summed E-state index contributed by atoms with van der Waals surface area (Å²) in [6.07, 6.45) is 4.81. The summed E-state index contributed by atoms with van der Waals surface area (Å²) in [6.45, 7) is 0. The first-order valence-corrected chi connectivity index (χ1v) is 10.3. The number of rotatable bonds is 5. The Morgan fingerprint density at radius 3 is 2.31 bits per heavy atom. The van der Waals surface area contributed by atoms with Crippen LogP contribution in [0.25, 0.3) is 11.3 Å². The Hall–Kier alpha value is -3.74. The van der Waals surface area contributed by atoms with Gasteiger partial charge in [-0.25, -0.2) is 0 Å². The van der Waals surface area contributed by atoms with Crippen molar-refractivity contribution in [2.45, 2.75) is 0 Å². The fourth-order valence-corrected chi connectivity index (χ4v) is 3.48. The maximum Gasteiger partial charge on any atom is 0.257 e. The van der Waals surface area contributed by atoms with E-state index < -0.39 is 5.91 Å². The van der Waals surface area contributed by atoms with Gasteiger partial charge in [0.2, 0.25) is 0 Å². The summed E-state index contributed by atoms with van der Waals surface area (Å²) in [5.74, 6) is -0.770. The third kappa shape index (κ3) is 4.94. The molecule has 2 aromatic heterocycles. The second kappa shape index (κ2) is 9.60. The first-order valence-electron chi connectivity index (χ1n) is 9.54. The number of aromatic nitrogens is 2. The maximum absolute atomic E-state index is 12.8. The minimum Gasteiger partial charge on any atom is -0.322 e. The van der Waals surface area contributed by atoms with Crippen LogP contribution in [0, 0.1) is 0 Å². The molecular formula is C24H16Cl2N4O2. The average Bonchev–Trinajstić information content (AvgIpc) is 2.81. The minimum atomic E-state index is -0.413. The molecule has 8 heteroatoms. The number of halogens is 2. The van der Waals surface area contributed by atoms with Crippen LogP contribution in [0.1, 0.15) is 20.7 Å². The van der Waals surface area contributed by atoms with Crippen molar-refractivity contribution in [1.82, 2.24) is 9.97 Å². The molecular weight excluding hydrogens is 447 g/mol. The molecule has 158 valence electrons. The first-order chi connectivity index (χ1) is 15.5. The van der Waals surface area contributed by atoms with E-state index >= 15 is 0 Å². The van der Waals surface area contributed by atoms with Crippen molar-refractivity contribution >= 4 is 46.4 Å². The third-order valence-electron chi connectivity index (χ3n) is 4.56. The minimum absolute atomic E-state index is 0.153. The van der Waals surface area contributed by atoms with Crippen LogP contribution in [-0.2, 0) is 0 Å². The summed E-state index contributed by atoms with van der Waals surface area (Å²) < 4.78 is 0. The molecule has 0 spiro atoms. The Bertz CT molecular complexity index is 1280. The number of hydrogen-bond acceptors (Lipinski definition) is 4. The number of pyridine rings is 2. The second-order valence-corrected chi connectivity index (χ2v) is 7.57. The van der Waals surface area contributed by atoms with Gasteiger partial charge in [0.25, 0.3) is 11.8 Å². The molecule has 6 nitrogen and oxygen atoms in total. The van der Waals surface area contributed by atoms with Crippen molar-refractivity contribution in [3.63, 3.8) is 0 Å². The zero-order valence-electron chi connectivity index (χ0n) is 16.5. The van der Waals surface area contributed by atoms with E-state index in [1.54, 1.807) is 42.7 Å². The molecule has 0 aliphatic heterocycles. The molecule has 0 fully saturated rings. The van der Waals surface area contributed by atoms with E-state index in [1.807, 2.05) is 18.2 Å². The van der Waals surface area contributed by atoms with Gasteiger partial charge in [0, 0.05) is 29.2 Å². The molecule has 2 N–H and O–H groups in total. The van der Waals surface area contributed by atoms with Crippen LogP contribution in [0.3, 0.4) is 0 Å². The molecule has 4 aromatic rings. The molecule has 0 radical (unpaired) electrons. The number of nitrogens with one attached hydrogen (secondary N) is 2. The van der Waals surface area contributed by atoms with E-state index in [0.717, 1.165) is 0 Å². The summed E-state index contributed by atoms with van der Waals surface area (Å²) >= 11 is 12.6. The van der Waals surface area contributed by atoms with Crippen molar-refractivity contribution in [2.24, 2.45) is 0 Å². The van der Waals surface area contributed by atoms with Crippen LogP contribution in [-0.4, -0.2) is 21.8 Å². The zero-order valence-corrected chi connectivity index (χ0v) is 18.1. The van der Waals surface area contributed by atoms with Crippen LogP contribution in [0.4, 0.5) is 11.4 Å². The van der Waals surface area contributed by atoms with E-state index in [0.29, 0.717) is 33.2 Å². The Morgan fingerprint density at radius 2 is 1.59 bits per heavy atom. The summed E-state index contributed by atoms with van der Waals surface area (Å²) in [5, 5.41) is 6.20. The number of anilines is 2. The Balaban J connectivity index is 1.51. The van der Waals surface area contributed by atoms with Crippen LogP contribution >= 0.6 is 23.2 Å². The highest BCUT2D eigenvalue weighted by molar-refractivity contribution is 6.35. The molecule has 2 aromatic carbocycles. The van der Waals surface area contributed by atoms with Gasteiger partial charge < -0.3 is 10.6 Å². The molecule has 0 bridgehead atoms. The lowest BCUT2D eigenvalue weighted by Crippen LogP contribution is -2.15. The van der Waals surface area contributed by atoms with Crippen LogP contribution < -0.4 is 10.6 Å². The highest BCUT2D eigenvalue weighted by atomic mass is 35.5. The summed E-state index contributed by atoms with van der Waals surface area (Å²) in [6, 6.07) is 18.5. The quantitative estimate of drug-likeness (QED) is 0.383. The molecule has 0 aliphatic carbocycles. The molecule has 4 rings (SSSR count). The number of amides is 2. The Labute approximate surface area is 194 Å². The molecule has 0 atom stereocenters. The molecule has 2 heterocycles. The SMILES string of the molecule is O=C(Nc1cccnc1)c1ccc(C(=O)Nc2ccc(Cl)c(-c3ccccn3)c2)c(Cl)c1. The molecule has 2 amide bonds. The fraction of sp³-hybridized carbons (Fsp3) is 0. The van der Waals surface area contributed by atoms with E-state index in [4.69, 9.17) is 23.2 Å². The van der Waals surface area contributed by atoms with Crippen molar-refractivity contribution in [2.75, 3.05) is 10.6 Å². The van der Waals surface area contributed by atoms with Crippen molar-refractivity contribution < 1.29 is 9.59 Å². The van der Waals surface area contributed by atoms with Gasteiger partial charge in [-0.15, -0.1) is 0 Å². The highest BCUT2D eigenvalue weighted by Crippen LogP contribution is 2.29. The monoisotopic (exact) mass is 462 g/mol. The maximum atomic E-state index is 12.8. The van der Waals surface area contributed by atoms with Gasteiger partial charge in [-0.2, -0.15) is 0 Å². The van der Waals surface area contributed by atoms with Crippen molar-refractivity contribution in [1.29, 1.82) is 0 Å². The largest absolute Gasteiger partial charge is 0.322 e. The zero-order chi connectivity index (χ0) is 22.5. The average molecular weight is 463 g/mol. The lowest BCUT2D eigenvalue weighted by molar-refractivity contribution is 0.101. The van der Waals surface area contributed by atoms with E-state index in [1.165, 1.54) is 24.4 Å². The van der Waals surface area contributed by atoms with Gasteiger partial charge in [-0.05, 0) is 60.7 Å². The summed E-state index contributed by atoms with van der Waals surface area (Å²) in [5.41, 5.74) is 3.03. The fourth-order valence-electron chi connectivity index (χ4n) is 3.00. The van der Waals surface area contributed by atoms with Gasteiger partial charge >= 0.3 is 0 Å². The van der Waals surface area contributed by atoms with Gasteiger partial charge in [0.05, 0.1) is 33.2 Å². The predicted octanol–water partition coefficient (Wildman–Crippen LogP) is 5.96. The summed E-state index contributed by atoms with van der Waals surface area (Å²) in [4.78, 5) is 33.5. The number of benzene rings is 2. The predicted molar refractivity (Wildman–Crippen MR) is 126 cm³/mol. The van der Waals surface area contributed by atoms with Gasteiger partial charge in [-0.3, -0.25) is 19.6 Å². The highest BCUT2D eigenvalue weighted by Gasteiger charge is 2.15. The van der Waals surface area contributed by atoms with Crippen LogP contribution in [0.5, 0.6) is 0 Å². The summed E-state index contributed by atoms with van der Waals surface area (Å²) in [7, 11) is 0. The molecule has 0 aliphatic rings. The van der Waals surface area contributed by atoms with E-state index in [-0.39, 0.29) is 16.5 Å². The van der Waals surface area contributed by atoms with Gasteiger partial charge in [0.15, 0.2) is 0 Å². The lowest BCUT2D eigenvalue weighted by Gasteiger charge is -2.11. The normalized spacial score (nSPS) is 10.4. The standard InChI is InChI=1S/C24H16Cl2N4O2/c25-20-9-7-16(13-19(20)22-5-1-2-11-28-22)29-24(32)18-8-6-15(12-21(18)26)23(31)30-17-4-3-10-27-14-17/h1-14H,(H,29,32)(H,30,31). The van der Waals surface area contributed by atoms with Gasteiger partial charge in [0.1, 0.15) is 0 Å². The first kappa shape index (κ1) is 21.5. The lowest BCUT2D eigenvalue weighted by atomic mass is 10.1. The molecule has 0 saturated carbocycles. The number of carbonyl (C=O) groups excluding carboxylic acids is 2. The number of nitrogens with zero attached hydrogens (tertiary/aromatic N) is 2. The van der Waals surface area contributed by atoms with Crippen LogP contribution in [0.15, 0.2) is 85.3 Å². The van der Waals surface area contributed by atoms with Crippen molar-refractivity contribution in [3.8, 4) is 11.3 Å². The van der Waals surface area contributed by atoms with Crippen molar-refractivity contribution in [3.05, 3.63) is 106 Å². The topological polar surface area (TPSA) is 84.0 Å². The smallest absolute Gasteiger partial charge is 0.257 e. The van der Waals surface area contributed by atoms with Crippen LogP contribution in [0.2, 0.25) is 10.0 Å². The molecule has 0 unspecified atom stereocenters.